The van der Waals surface area contributed by atoms with Crippen molar-refractivity contribution in [1.82, 2.24) is 0 Å². The number of nitrogens with two attached hydrogens (primary N) is 1. The summed E-state index contributed by atoms with van der Waals surface area (Å²) in [7, 11) is 0. The van der Waals surface area contributed by atoms with E-state index in [1.165, 1.54) is 24.3 Å². The van der Waals surface area contributed by atoms with Crippen molar-refractivity contribution in [2.45, 2.75) is 6.92 Å². The molecule has 0 amide bonds. The minimum absolute atomic E-state index is 0.107. The third-order valence-electron chi connectivity index (χ3n) is 4.06. The van der Waals surface area contributed by atoms with Crippen LogP contribution in [0.5, 0.6) is 5.75 Å². The maximum atomic E-state index is 14.7. The van der Waals surface area contributed by atoms with Gasteiger partial charge < -0.3 is 16.0 Å². The van der Waals surface area contributed by atoms with Crippen LogP contribution in [-0.2, 0) is 0 Å². The van der Waals surface area contributed by atoms with Gasteiger partial charge in [0.25, 0.3) is 0 Å². The monoisotopic (exact) mass is 370 g/mol. The molecule has 0 saturated carbocycles. The molecule has 0 aliphatic carbocycles. The zero-order valence-electron chi connectivity index (χ0n) is 13.9. The van der Waals surface area contributed by atoms with E-state index < -0.39 is 5.82 Å². The molecule has 0 radical (unpaired) electrons. The van der Waals surface area contributed by atoms with Crippen molar-refractivity contribution in [3.05, 3.63) is 76.6 Å². The second kappa shape index (κ2) is 7.06. The van der Waals surface area contributed by atoms with Gasteiger partial charge in [0.2, 0.25) is 0 Å². The molecular weight excluding hydrogens is 355 g/mol. The fourth-order valence-electron chi connectivity index (χ4n) is 2.84. The molecule has 3 aromatic carbocycles. The van der Waals surface area contributed by atoms with Gasteiger partial charge in [0.15, 0.2) is 5.84 Å². The molecule has 3 rings (SSSR count). The van der Waals surface area contributed by atoms with Crippen molar-refractivity contribution in [2.24, 2.45) is 10.9 Å². The van der Waals surface area contributed by atoms with Crippen LogP contribution in [0.15, 0.2) is 59.8 Å². The first-order valence-corrected chi connectivity index (χ1v) is 8.16. The Morgan fingerprint density at radius 2 is 1.73 bits per heavy atom. The average molecular weight is 371 g/mol. The molecule has 4 N–H and O–H groups in total. The van der Waals surface area contributed by atoms with Crippen LogP contribution < -0.4 is 5.73 Å². The molecule has 0 aromatic heterocycles. The van der Waals surface area contributed by atoms with Crippen LogP contribution in [0, 0.1) is 12.7 Å². The van der Waals surface area contributed by atoms with E-state index in [9.17, 15) is 9.50 Å². The van der Waals surface area contributed by atoms with Gasteiger partial charge in [0.1, 0.15) is 11.6 Å². The number of phenolic OH excluding ortho intramolecular Hbond substituents is 1. The SMILES string of the molecule is Cc1ccc(-c2c(C(N)=NO)cc(Cl)cc2-c2ccc(O)cc2)c(F)c1. The van der Waals surface area contributed by atoms with Gasteiger partial charge in [-0.1, -0.05) is 41.0 Å². The molecule has 0 heterocycles. The van der Waals surface area contributed by atoms with Crippen LogP contribution in [0.25, 0.3) is 22.3 Å². The molecule has 132 valence electrons. The van der Waals surface area contributed by atoms with Crippen molar-refractivity contribution >= 4 is 17.4 Å². The highest BCUT2D eigenvalue weighted by Gasteiger charge is 2.19. The predicted octanol–water partition coefficient (Wildman–Crippen LogP) is 4.92. The average Bonchev–Trinajstić information content (AvgIpc) is 2.61. The topological polar surface area (TPSA) is 78.8 Å². The Bertz CT molecular complexity index is 1000. The minimum Gasteiger partial charge on any atom is -0.508 e. The lowest BCUT2D eigenvalue weighted by atomic mass is 9.89. The highest BCUT2D eigenvalue weighted by atomic mass is 35.5. The fraction of sp³-hybridized carbons (Fsp3) is 0.0500. The third kappa shape index (κ3) is 3.34. The van der Waals surface area contributed by atoms with Crippen LogP contribution in [0.1, 0.15) is 11.1 Å². The van der Waals surface area contributed by atoms with E-state index in [4.69, 9.17) is 22.5 Å². The van der Waals surface area contributed by atoms with Crippen LogP contribution >= 0.6 is 11.6 Å². The molecule has 0 atom stereocenters. The van der Waals surface area contributed by atoms with E-state index in [-0.39, 0.29) is 11.6 Å². The van der Waals surface area contributed by atoms with Crippen molar-refractivity contribution in [3.63, 3.8) is 0 Å². The summed E-state index contributed by atoms with van der Waals surface area (Å²) in [6.45, 7) is 1.79. The summed E-state index contributed by atoms with van der Waals surface area (Å²) in [5.74, 6) is -0.502. The molecule has 0 aliphatic rings. The fourth-order valence-corrected chi connectivity index (χ4v) is 3.06. The van der Waals surface area contributed by atoms with E-state index >= 15 is 0 Å². The quantitative estimate of drug-likeness (QED) is 0.265. The van der Waals surface area contributed by atoms with Gasteiger partial charge in [-0.15, -0.1) is 0 Å². The van der Waals surface area contributed by atoms with E-state index in [2.05, 4.69) is 5.16 Å². The maximum absolute atomic E-state index is 14.7. The Balaban J connectivity index is 2.40. The minimum atomic E-state index is -0.431. The van der Waals surface area contributed by atoms with Gasteiger partial charge >= 0.3 is 0 Å². The molecule has 0 bridgehead atoms. The maximum Gasteiger partial charge on any atom is 0.170 e. The smallest absolute Gasteiger partial charge is 0.170 e. The first-order valence-electron chi connectivity index (χ1n) is 7.78. The Morgan fingerprint density at radius 3 is 2.35 bits per heavy atom. The van der Waals surface area contributed by atoms with Gasteiger partial charge in [0, 0.05) is 21.7 Å². The Labute approximate surface area is 155 Å². The first kappa shape index (κ1) is 17.8. The number of rotatable bonds is 3. The van der Waals surface area contributed by atoms with Gasteiger partial charge in [-0.3, -0.25) is 0 Å². The lowest BCUT2D eigenvalue weighted by molar-refractivity contribution is 0.318. The number of phenols is 1. The Kier molecular flexibility index (Phi) is 4.82. The number of halogens is 2. The van der Waals surface area contributed by atoms with Crippen molar-refractivity contribution in [1.29, 1.82) is 0 Å². The Hall–Kier alpha value is -3.05. The molecular formula is C20H16ClFN2O2. The van der Waals surface area contributed by atoms with E-state index in [1.807, 2.05) is 0 Å². The second-order valence-corrected chi connectivity index (χ2v) is 6.33. The lowest BCUT2D eigenvalue weighted by Crippen LogP contribution is -2.15. The van der Waals surface area contributed by atoms with Crippen LogP contribution in [0.3, 0.4) is 0 Å². The number of hydrogen-bond donors (Lipinski definition) is 3. The molecule has 6 heteroatoms. The molecule has 0 spiro atoms. The van der Waals surface area contributed by atoms with Gasteiger partial charge in [0.05, 0.1) is 0 Å². The number of oxime groups is 1. The molecule has 3 aromatic rings. The Morgan fingerprint density at radius 1 is 1.04 bits per heavy atom. The van der Waals surface area contributed by atoms with E-state index in [1.54, 1.807) is 37.3 Å². The highest BCUT2D eigenvalue weighted by Crippen LogP contribution is 2.39. The predicted molar refractivity (Wildman–Crippen MR) is 101 cm³/mol. The summed E-state index contributed by atoms with van der Waals surface area (Å²) in [5.41, 5.74) is 8.97. The van der Waals surface area contributed by atoms with E-state index in [0.29, 0.717) is 32.8 Å². The summed E-state index contributed by atoms with van der Waals surface area (Å²) in [6.07, 6.45) is 0. The second-order valence-electron chi connectivity index (χ2n) is 5.89. The number of aromatic hydroxyl groups is 1. The summed E-state index contributed by atoms with van der Waals surface area (Å²) < 4.78 is 14.7. The van der Waals surface area contributed by atoms with Crippen molar-refractivity contribution < 1.29 is 14.7 Å². The molecule has 0 aliphatic heterocycles. The van der Waals surface area contributed by atoms with Gasteiger partial charge in [-0.05, 0) is 53.9 Å². The van der Waals surface area contributed by atoms with Gasteiger partial charge in [-0.2, -0.15) is 0 Å². The number of nitrogens with zero attached hydrogens (tertiary/aromatic N) is 1. The zero-order valence-corrected chi connectivity index (χ0v) is 14.6. The summed E-state index contributed by atoms with van der Waals surface area (Å²) >= 11 is 6.22. The highest BCUT2D eigenvalue weighted by molar-refractivity contribution is 6.31. The zero-order chi connectivity index (χ0) is 18.8. The number of amidine groups is 1. The summed E-state index contributed by atoms with van der Waals surface area (Å²) in [4.78, 5) is 0. The third-order valence-corrected chi connectivity index (χ3v) is 4.28. The number of aryl methyl sites for hydroxylation is 1. The van der Waals surface area contributed by atoms with E-state index in [0.717, 1.165) is 5.56 Å². The van der Waals surface area contributed by atoms with Crippen molar-refractivity contribution in [3.8, 4) is 28.0 Å². The lowest BCUT2D eigenvalue weighted by Gasteiger charge is -2.17. The molecule has 4 nitrogen and oxygen atoms in total. The number of benzene rings is 3. The van der Waals surface area contributed by atoms with Gasteiger partial charge in [-0.25, -0.2) is 4.39 Å². The van der Waals surface area contributed by atoms with Crippen molar-refractivity contribution in [2.75, 3.05) is 0 Å². The summed E-state index contributed by atoms with van der Waals surface area (Å²) in [5, 5.41) is 22.1. The standard InChI is InChI=1S/C20H16ClFN2O2/c1-11-2-7-15(18(22)8-11)19-16(12-3-5-14(25)6-4-12)9-13(21)10-17(19)20(23)24-26/h2-10,25-26H,1H3,(H2,23,24). The molecule has 0 saturated heterocycles. The van der Waals surface area contributed by atoms with Crippen LogP contribution in [-0.4, -0.2) is 16.1 Å². The number of hydrogen-bond acceptors (Lipinski definition) is 3. The largest absolute Gasteiger partial charge is 0.508 e. The summed E-state index contributed by atoms with van der Waals surface area (Å²) in [6, 6.07) is 14.5. The first-order chi connectivity index (χ1) is 12.4. The normalized spacial score (nSPS) is 11.6. The molecule has 26 heavy (non-hydrogen) atoms. The molecule has 0 unspecified atom stereocenters. The van der Waals surface area contributed by atoms with Crippen LogP contribution in [0.2, 0.25) is 5.02 Å². The molecule has 0 fully saturated rings. The van der Waals surface area contributed by atoms with Crippen LogP contribution in [0.4, 0.5) is 4.39 Å².